The zero-order valence-electron chi connectivity index (χ0n) is 12.4. The molecule has 1 fully saturated rings. The number of rotatable bonds is 6. The van der Waals surface area contributed by atoms with Crippen molar-refractivity contribution in [2.75, 3.05) is 33.9 Å². The number of amides is 2. The molecule has 1 heterocycles. The Bertz CT molecular complexity index is 383. The van der Waals surface area contributed by atoms with Crippen molar-refractivity contribution in [2.45, 2.75) is 35.7 Å². The number of urea groups is 1. The van der Waals surface area contributed by atoms with Gasteiger partial charge in [0.15, 0.2) is 5.54 Å². The molecule has 5 nitrogen and oxygen atoms in total. The highest BCUT2D eigenvalue weighted by Gasteiger charge is 2.62. The SMILES string of the molecule is COCCN1C(=O)N(C(C)(C(C)OC)C(F)(F)F)CC1I. The minimum absolute atomic E-state index is 0.00713. The number of carbonyl (C=O) groups excluding carboxylic acids is 1. The van der Waals surface area contributed by atoms with Crippen LogP contribution in [-0.4, -0.2) is 71.6 Å². The molecule has 1 saturated heterocycles. The Morgan fingerprint density at radius 2 is 2.00 bits per heavy atom. The molecule has 3 unspecified atom stereocenters. The van der Waals surface area contributed by atoms with Gasteiger partial charge >= 0.3 is 12.2 Å². The number of methoxy groups -OCH3 is 2. The van der Waals surface area contributed by atoms with Crippen LogP contribution in [0.1, 0.15) is 13.8 Å². The summed E-state index contributed by atoms with van der Waals surface area (Å²) in [5, 5.41) is 0. The van der Waals surface area contributed by atoms with Crippen LogP contribution in [-0.2, 0) is 9.47 Å². The van der Waals surface area contributed by atoms with Crippen LogP contribution in [0.15, 0.2) is 0 Å². The van der Waals surface area contributed by atoms with E-state index in [9.17, 15) is 18.0 Å². The normalized spacial score (nSPS) is 24.4. The molecule has 9 heteroatoms. The molecule has 0 aliphatic carbocycles. The van der Waals surface area contributed by atoms with Crippen LogP contribution in [0.2, 0.25) is 0 Å². The maximum Gasteiger partial charge on any atom is 0.414 e. The van der Waals surface area contributed by atoms with Crippen LogP contribution in [0.4, 0.5) is 18.0 Å². The lowest BCUT2D eigenvalue weighted by Crippen LogP contribution is -2.64. The summed E-state index contributed by atoms with van der Waals surface area (Å²) >= 11 is 1.97. The fraction of sp³-hybridized carbons (Fsp3) is 0.917. The summed E-state index contributed by atoms with van der Waals surface area (Å²) in [6, 6.07) is -0.643. The molecule has 3 atom stereocenters. The molecule has 2 amide bonds. The number of halogens is 4. The second kappa shape index (κ2) is 6.86. The molecule has 1 aliphatic heterocycles. The third-order valence-corrected chi connectivity index (χ3v) is 5.03. The van der Waals surface area contributed by atoms with Gasteiger partial charge in [-0.2, -0.15) is 13.2 Å². The van der Waals surface area contributed by atoms with Crippen molar-refractivity contribution >= 4 is 28.6 Å². The van der Waals surface area contributed by atoms with E-state index >= 15 is 0 Å². The van der Waals surface area contributed by atoms with E-state index in [1.165, 1.54) is 26.0 Å². The fourth-order valence-corrected chi connectivity index (χ4v) is 3.16. The molecular weight excluding hydrogens is 404 g/mol. The van der Waals surface area contributed by atoms with E-state index in [0.29, 0.717) is 0 Å². The second-order valence-corrected chi connectivity index (χ2v) is 6.47. The molecule has 1 aliphatic rings. The average molecular weight is 424 g/mol. The van der Waals surface area contributed by atoms with Gasteiger partial charge in [0.2, 0.25) is 0 Å². The molecule has 0 aromatic carbocycles. The summed E-state index contributed by atoms with van der Waals surface area (Å²) in [5.41, 5.74) is -2.37. The number of carbonyl (C=O) groups is 1. The van der Waals surface area contributed by atoms with E-state index in [1.807, 2.05) is 22.6 Å². The largest absolute Gasteiger partial charge is 0.414 e. The second-order valence-electron chi connectivity index (χ2n) is 5.04. The Labute approximate surface area is 135 Å². The van der Waals surface area contributed by atoms with Gasteiger partial charge in [0, 0.05) is 20.8 Å². The highest BCUT2D eigenvalue weighted by atomic mass is 127. The monoisotopic (exact) mass is 424 g/mol. The maximum atomic E-state index is 13.6. The number of nitrogens with zero attached hydrogens (tertiary/aromatic N) is 2. The molecule has 1 rings (SSSR count). The lowest BCUT2D eigenvalue weighted by atomic mass is 9.92. The van der Waals surface area contributed by atoms with E-state index in [2.05, 4.69) is 0 Å². The molecular formula is C12H20F3IN2O3. The van der Waals surface area contributed by atoms with Gasteiger partial charge in [-0.05, 0) is 13.8 Å². The highest BCUT2D eigenvalue weighted by Crippen LogP contribution is 2.42. The van der Waals surface area contributed by atoms with E-state index in [1.54, 1.807) is 0 Å². The number of hydrogen-bond acceptors (Lipinski definition) is 3. The third-order valence-electron chi connectivity index (χ3n) is 3.96. The van der Waals surface area contributed by atoms with Crippen LogP contribution in [0.5, 0.6) is 0 Å². The van der Waals surface area contributed by atoms with E-state index in [-0.39, 0.29) is 23.7 Å². The van der Waals surface area contributed by atoms with Crippen molar-refractivity contribution in [1.82, 2.24) is 9.80 Å². The minimum atomic E-state index is -4.59. The lowest BCUT2D eigenvalue weighted by molar-refractivity contribution is -0.244. The summed E-state index contributed by atoms with van der Waals surface area (Å²) in [6.07, 6.45) is -5.77. The van der Waals surface area contributed by atoms with Gasteiger partial charge in [0.05, 0.1) is 19.3 Å². The molecule has 0 N–H and O–H groups in total. The number of ether oxygens (including phenoxy) is 2. The zero-order chi connectivity index (χ0) is 16.4. The minimum Gasteiger partial charge on any atom is -0.383 e. The molecule has 0 bridgehead atoms. The van der Waals surface area contributed by atoms with Gasteiger partial charge in [-0.25, -0.2) is 4.79 Å². The number of hydrogen-bond donors (Lipinski definition) is 0. The molecule has 0 saturated carbocycles. The summed E-state index contributed by atoms with van der Waals surface area (Å²) in [5.74, 6) is 0. The smallest absolute Gasteiger partial charge is 0.383 e. The molecule has 0 aromatic heterocycles. The van der Waals surface area contributed by atoms with Crippen molar-refractivity contribution in [3.05, 3.63) is 0 Å². The maximum absolute atomic E-state index is 13.6. The summed E-state index contributed by atoms with van der Waals surface area (Å²) in [7, 11) is 2.69. The average Bonchev–Trinajstić information content (AvgIpc) is 2.69. The van der Waals surface area contributed by atoms with Crippen LogP contribution in [0.25, 0.3) is 0 Å². The van der Waals surface area contributed by atoms with Gasteiger partial charge in [-0.15, -0.1) is 0 Å². The van der Waals surface area contributed by atoms with Crippen LogP contribution >= 0.6 is 22.6 Å². The zero-order valence-corrected chi connectivity index (χ0v) is 14.6. The van der Waals surface area contributed by atoms with Crippen molar-refractivity contribution in [2.24, 2.45) is 0 Å². The first kappa shape index (κ1) is 18.8. The van der Waals surface area contributed by atoms with Gasteiger partial charge in [-0.3, -0.25) is 0 Å². The summed E-state index contributed by atoms with van der Waals surface area (Å²) in [4.78, 5) is 14.6. The Morgan fingerprint density at radius 1 is 1.43 bits per heavy atom. The molecule has 0 aromatic rings. The predicted octanol–water partition coefficient (Wildman–Crippen LogP) is 2.49. The Kier molecular flexibility index (Phi) is 6.13. The molecule has 0 radical (unpaired) electrons. The predicted molar refractivity (Wildman–Crippen MR) is 79.4 cm³/mol. The van der Waals surface area contributed by atoms with Crippen molar-refractivity contribution in [1.29, 1.82) is 0 Å². The van der Waals surface area contributed by atoms with Crippen molar-refractivity contribution in [3.8, 4) is 0 Å². The quantitative estimate of drug-likeness (QED) is 0.374. The van der Waals surface area contributed by atoms with Crippen molar-refractivity contribution < 1.29 is 27.4 Å². The van der Waals surface area contributed by atoms with Crippen LogP contribution in [0.3, 0.4) is 0 Å². The summed E-state index contributed by atoms with van der Waals surface area (Å²) in [6.45, 7) is 2.85. The fourth-order valence-electron chi connectivity index (χ4n) is 2.25. The molecule has 21 heavy (non-hydrogen) atoms. The van der Waals surface area contributed by atoms with Gasteiger partial charge < -0.3 is 19.3 Å². The van der Waals surface area contributed by atoms with Crippen molar-refractivity contribution in [3.63, 3.8) is 0 Å². The lowest BCUT2D eigenvalue weighted by Gasteiger charge is -2.43. The molecule has 0 spiro atoms. The highest BCUT2D eigenvalue weighted by molar-refractivity contribution is 14.1. The van der Waals surface area contributed by atoms with Crippen LogP contribution < -0.4 is 0 Å². The number of alkyl halides is 4. The Balaban J connectivity index is 3.09. The first-order valence-corrected chi connectivity index (χ1v) is 7.66. The first-order valence-electron chi connectivity index (χ1n) is 6.42. The Morgan fingerprint density at radius 3 is 2.43 bits per heavy atom. The van der Waals surface area contributed by atoms with E-state index in [4.69, 9.17) is 9.47 Å². The first-order chi connectivity index (χ1) is 9.61. The van der Waals surface area contributed by atoms with E-state index < -0.39 is 23.9 Å². The van der Waals surface area contributed by atoms with Crippen LogP contribution in [0, 0.1) is 0 Å². The topological polar surface area (TPSA) is 42.0 Å². The molecule has 124 valence electrons. The van der Waals surface area contributed by atoms with Gasteiger partial charge in [0.1, 0.15) is 4.05 Å². The standard InChI is InChI=1S/C12H20F3IN2O3/c1-8(21-4)11(2,12(13,14)15)18-7-9(16)17(10(18)19)5-6-20-3/h8-9H,5-7H2,1-4H3. The summed E-state index contributed by atoms with van der Waals surface area (Å²) < 4.78 is 50.1. The third kappa shape index (κ3) is 3.39. The van der Waals surface area contributed by atoms with Gasteiger partial charge in [0.25, 0.3) is 0 Å². The Hall–Kier alpha value is -0.290. The van der Waals surface area contributed by atoms with E-state index in [0.717, 1.165) is 11.8 Å². The van der Waals surface area contributed by atoms with Gasteiger partial charge in [-0.1, -0.05) is 22.6 Å².